The van der Waals surface area contributed by atoms with E-state index in [4.69, 9.17) is 14.2 Å². The number of hydrogen-bond donors (Lipinski definition) is 0. The minimum absolute atomic E-state index is 0.346. The Kier molecular flexibility index (Phi) is 10.2. The second-order valence-electron chi connectivity index (χ2n) is 6.94. The zero-order valence-corrected chi connectivity index (χ0v) is 17.6. The van der Waals surface area contributed by atoms with Gasteiger partial charge in [0.25, 0.3) is 0 Å². The molecule has 0 fully saturated rings. The van der Waals surface area contributed by atoms with Crippen molar-refractivity contribution in [2.24, 2.45) is 0 Å². The van der Waals surface area contributed by atoms with Gasteiger partial charge in [0, 0.05) is 6.08 Å². The highest BCUT2D eigenvalue weighted by Crippen LogP contribution is 2.18. The van der Waals surface area contributed by atoms with E-state index in [1.54, 1.807) is 24.3 Å². The molecule has 0 heterocycles. The fraction of sp³-hybridized carbons (Fsp3) is 0.360. The van der Waals surface area contributed by atoms with Crippen molar-refractivity contribution in [3.05, 3.63) is 72.3 Å². The van der Waals surface area contributed by atoms with Gasteiger partial charge in [-0.3, -0.25) is 0 Å². The molecule has 0 saturated heterocycles. The molecule has 0 radical (unpaired) electrons. The van der Waals surface area contributed by atoms with Gasteiger partial charge in [-0.05, 0) is 67.6 Å². The van der Waals surface area contributed by atoms with Gasteiger partial charge in [-0.25, -0.2) is 9.59 Å². The van der Waals surface area contributed by atoms with Crippen LogP contribution < -0.4 is 9.47 Å². The number of rotatable bonds is 13. The van der Waals surface area contributed by atoms with Crippen molar-refractivity contribution < 1.29 is 23.8 Å². The van der Waals surface area contributed by atoms with Gasteiger partial charge in [-0.1, -0.05) is 38.5 Å². The number of carbonyl (C=O) groups is 2. The highest BCUT2D eigenvalue weighted by Gasteiger charge is 2.09. The fourth-order valence-corrected chi connectivity index (χ4v) is 2.78. The number of aryl methyl sites for hydroxylation is 1. The predicted molar refractivity (Wildman–Crippen MR) is 117 cm³/mol. The van der Waals surface area contributed by atoms with Gasteiger partial charge in [-0.15, -0.1) is 0 Å². The maximum atomic E-state index is 12.3. The number of carbonyl (C=O) groups excluding carboxylic acids is 2. The summed E-state index contributed by atoms with van der Waals surface area (Å²) in [6, 6.07) is 14.5. The molecule has 0 N–H and O–H groups in total. The molecule has 0 saturated carbocycles. The van der Waals surface area contributed by atoms with Crippen LogP contribution >= 0.6 is 0 Å². The van der Waals surface area contributed by atoms with Crippen LogP contribution in [-0.2, 0) is 16.0 Å². The monoisotopic (exact) mass is 410 g/mol. The molecule has 0 aromatic heterocycles. The Hall–Kier alpha value is -3.08. The van der Waals surface area contributed by atoms with Gasteiger partial charge in [0.15, 0.2) is 0 Å². The van der Waals surface area contributed by atoms with Crippen molar-refractivity contribution >= 4 is 11.9 Å². The summed E-state index contributed by atoms with van der Waals surface area (Å²) >= 11 is 0. The Morgan fingerprint density at radius 1 is 0.867 bits per heavy atom. The molecule has 0 spiro atoms. The first kappa shape index (κ1) is 23.2. The molecule has 30 heavy (non-hydrogen) atoms. The fourth-order valence-electron chi connectivity index (χ4n) is 2.78. The lowest BCUT2D eigenvalue weighted by atomic mass is 10.1. The smallest absolute Gasteiger partial charge is 0.343 e. The molecular formula is C25H30O5. The zero-order valence-electron chi connectivity index (χ0n) is 17.6. The summed E-state index contributed by atoms with van der Waals surface area (Å²) in [4.78, 5) is 23.2. The van der Waals surface area contributed by atoms with E-state index >= 15 is 0 Å². The highest BCUT2D eigenvalue weighted by atomic mass is 16.5. The summed E-state index contributed by atoms with van der Waals surface area (Å²) in [5.41, 5.74) is 1.72. The topological polar surface area (TPSA) is 61.8 Å². The Labute approximate surface area is 178 Å². The Balaban J connectivity index is 1.72. The van der Waals surface area contributed by atoms with Crippen molar-refractivity contribution in [3.63, 3.8) is 0 Å². The molecular weight excluding hydrogens is 380 g/mol. The average molecular weight is 411 g/mol. The van der Waals surface area contributed by atoms with E-state index in [-0.39, 0.29) is 0 Å². The summed E-state index contributed by atoms with van der Waals surface area (Å²) in [5.74, 6) is 0.397. The molecule has 0 aliphatic heterocycles. The molecule has 0 unspecified atom stereocenters. The lowest BCUT2D eigenvalue weighted by Crippen LogP contribution is -2.08. The molecule has 2 rings (SSSR count). The summed E-state index contributed by atoms with van der Waals surface area (Å²) in [5, 5.41) is 0. The van der Waals surface area contributed by atoms with E-state index < -0.39 is 11.9 Å². The molecule has 0 bridgehead atoms. The van der Waals surface area contributed by atoms with Crippen LogP contribution in [0.15, 0.2) is 61.2 Å². The molecule has 160 valence electrons. The molecule has 0 aliphatic carbocycles. The van der Waals surface area contributed by atoms with Crippen molar-refractivity contribution in [1.82, 2.24) is 0 Å². The van der Waals surface area contributed by atoms with Crippen LogP contribution in [0.4, 0.5) is 0 Å². The molecule has 2 aromatic rings. The van der Waals surface area contributed by atoms with Crippen molar-refractivity contribution in [2.45, 2.75) is 45.4 Å². The first-order valence-electron chi connectivity index (χ1n) is 10.5. The van der Waals surface area contributed by atoms with E-state index in [1.807, 2.05) is 24.3 Å². The van der Waals surface area contributed by atoms with Crippen LogP contribution in [0, 0.1) is 0 Å². The molecule has 5 heteroatoms. The van der Waals surface area contributed by atoms with E-state index in [0.717, 1.165) is 18.9 Å². The molecule has 0 atom stereocenters. The van der Waals surface area contributed by atoms with Gasteiger partial charge in [0.05, 0.1) is 18.8 Å². The first-order chi connectivity index (χ1) is 14.6. The second kappa shape index (κ2) is 13.2. The standard InChI is InChI=1S/C25H30O5/c1-3-5-6-9-20-10-14-23(15-11-20)30-25(27)21-12-16-22(17-13-21)28-18-7-8-19-29-24(26)4-2/h4,10-17H,2-3,5-9,18-19H2,1H3. The lowest BCUT2D eigenvalue weighted by molar-refractivity contribution is -0.137. The number of hydrogen-bond acceptors (Lipinski definition) is 5. The third kappa shape index (κ3) is 8.52. The third-order valence-electron chi connectivity index (χ3n) is 4.51. The summed E-state index contributed by atoms with van der Waals surface area (Å²) in [6.07, 6.45) is 7.25. The van der Waals surface area contributed by atoms with E-state index in [2.05, 4.69) is 13.5 Å². The quantitative estimate of drug-likeness (QED) is 0.188. The summed E-state index contributed by atoms with van der Waals surface area (Å²) in [7, 11) is 0. The van der Waals surface area contributed by atoms with Gasteiger partial charge >= 0.3 is 11.9 Å². The number of benzene rings is 2. The van der Waals surface area contributed by atoms with Gasteiger partial charge in [0.1, 0.15) is 11.5 Å². The van der Waals surface area contributed by atoms with E-state index in [9.17, 15) is 9.59 Å². The van der Waals surface area contributed by atoms with Crippen LogP contribution in [0.3, 0.4) is 0 Å². The molecule has 0 aliphatic rings. The molecule has 2 aromatic carbocycles. The van der Waals surface area contributed by atoms with Crippen molar-refractivity contribution in [3.8, 4) is 11.5 Å². The van der Waals surface area contributed by atoms with Gasteiger partial charge in [0.2, 0.25) is 0 Å². The minimum Gasteiger partial charge on any atom is -0.494 e. The molecule has 0 amide bonds. The molecule has 5 nitrogen and oxygen atoms in total. The van der Waals surface area contributed by atoms with E-state index in [0.29, 0.717) is 36.7 Å². The zero-order chi connectivity index (χ0) is 21.6. The minimum atomic E-state index is -0.415. The number of unbranched alkanes of at least 4 members (excludes halogenated alkanes) is 3. The van der Waals surface area contributed by atoms with Crippen molar-refractivity contribution in [2.75, 3.05) is 13.2 Å². The van der Waals surface area contributed by atoms with Crippen LogP contribution in [0.2, 0.25) is 0 Å². The van der Waals surface area contributed by atoms with Crippen LogP contribution in [0.1, 0.15) is 54.9 Å². The van der Waals surface area contributed by atoms with Crippen LogP contribution in [-0.4, -0.2) is 25.2 Å². The number of ether oxygens (including phenoxy) is 3. The predicted octanol–water partition coefficient (Wildman–Crippen LogP) is 5.53. The maximum absolute atomic E-state index is 12.3. The highest BCUT2D eigenvalue weighted by molar-refractivity contribution is 5.91. The Morgan fingerprint density at radius 2 is 1.53 bits per heavy atom. The SMILES string of the molecule is C=CC(=O)OCCCCOc1ccc(C(=O)Oc2ccc(CCCCC)cc2)cc1. The second-order valence-corrected chi connectivity index (χ2v) is 6.94. The average Bonchev–Trinajstić information content (AvgIpc) is 2.77. The van der Waals surface area contributed by atoms with Crippen molar-refractivity contribution in [1.29, 1.82) is 0 Å². The van der Waals surface area contributed by atoms with E-state index in [1.165, 1.54) is 24.8 Å². The van der Waals surface area contributed by atoms with Crippen LogP contribution in [0.25, 0.3) is 0 Å². The first-order valence-corrected chi connectivity index (χ1v) is 10.5. The normalized spacial score (nSPS) is 10.3. The summed E-state index contributed by atoms with van der Waals surface area (Å²) in [6.45, 7) is 6.38. The van der Waals surface area contributed by atoms with Gasteiger partial charge < -0.3 is 14.2 Å². The Morgan fingerprint density at radius 3 is 2.20 bits per heavy atom. The lowest BCUT2D eigenvalue weighted by Gasteiger charge is -2.08. The summed E-state index contributed by atoms with van der Waals surface area (Å²) < 4.78 is 16.0. The van der Waals surface area contributed by atoms with Gasteiger partial charge in [-0.2, -0.15) is 0 Å². The number of esters is 2. The third-order valence-corrected chi connectivity index (χ3v) is 4.51. The maximum Gasteiger partial charge on any atom is 0.343 e. The van der Waals surface area contributed by atoms with Crippen LogP contribution in [0.5, 0.6) is 11.5 Å². The largest absolute Gasteiger partial charge is 0.494 e. The Bertz CT molecular complexity index is 793.